The number of ether oxygens (including phenoxy) is 1. The SMILES string of the molecule is CCNC(=NCC(O)c1cc2ccccc2s1)NCC1CN(C)CCO1. The van der Waals surface area contributed by atoms with Crippen molar-refractivity contribution in [3.05, 3.63) is 35.2 Å². The zero-order valence-electron chi connectivity index (χ0n) is 15.4. The summed E-state index contributed by atoms with van der Waals surface area (Å²) in [4.78, 5) is 7.76. The lowest BCUT2D eigenvalue weighted by atomic mass is 10.2. The first-order valence-electron chi connectivity index (χ1n) is 9.14. The molecule has 1 saturated heterocycles. The second kappa shape index (κ2) is 9.32. The molecule has 7 heteroatoms. The second-order valence-corrected chi connectivity index (χ2v) is 7.67. The van der Waals surface area contributed by atoms with Crippen molar-refractivity contribution in [2.45, 2.75) is 19.1 Å². The molecule has 0 spiro atoms. The highest BCUT2D eigenvalue weighted by atomic mass is 32.1. The van der Waals surface area contributed by atoms with Crippen LogP contribution in [0, 0.1) is 0 Å². The highest BCUT2D eigenvalue weighted by Crippen LogP contribution is 2.29. The fraction of sp³-hybridized carbons (Fsp3) is 0.526. The minimum absolute atomic E-state index is 0.158. The summed E-state index contributed by atoms with van der Waals surface area (Å²) in [6.07, 6.45) is -0.440. The number of nitrogens with zero attached hydrogens (tertiary/aromatic N) is 2. The highest BCUT2D eigenvalue weighted by Gasteiger charge is 2.18. The Balaban J connectivity index is 1.57. The van der Waals surface area contributed by atoms with Crippen LogP contribution in [0.1, 0.15) is 17.9 Å². The van der Waals surface area contributed by atoms with Crippen LogP contribution in [0.3, 0.4) is 0 Å². The van der Waals surface area contributed by atoms with E-state index in [1.54, 1.807) is 11.3 Å². The highest BCUT2D eigenvalue weighted by molar-refractivity contribution is 7.19. The quantitative estimate of drug-likeness (QED) is 0.530. The molecule has 2 atom stereocenters. The number of likely N-dealkylation sites (N-methyl/N-ethyl adjacent to an activating group) is 1. The van der Waals surface area contributed by atoms with E-state index in [-0.39, 0.29) is 6.10 Å². The maximum Gasteiger partial charge on any atom is 0.191 e. The predicted molar refractivity (Wildman–Crippen MR) is 108 cm³/mol. The minimum atomic E-state index is -0.597. The fourth-order valence-electron chi connectivity index (χ4n) is 2.98. The summed E-state index contributed by atoms with van der Waals surface area (Å²) in [6, 6.07) is 10.2. The molecule has 0 bridgehead atoms. The van der Waals surface area contributed by atoms with Crippen LogP contribution in [0.2, 0.25) is 0 Å². The third kappa shape index (κ3) is 5.17. The molecule has 142 valence electrons. The number of thiophene rings is 1. The molecule has 1 aliphatic rings. The molecule has 26 heavy (non-hydrogen) atoms. The van der Waals surface area contributed by atoms with Gasteiger partial charge in [-0.05, 0) is 31.5 Å². The lowest BCUT2D eigenvalue weighted by Crippen LogP contribution is -2.48. The van der Waals surface area contributed by atoms with Crippen LogP contribution in [-0.4, -0.2) is 68.4 Å². The number of guanidine groups is 1. The van der Waals surface area contributed by atoms with E-state index in [2.05, 4.69) is 39.7 Å². The number of aliphatic hydroxyl groups excluding tert-OH is 1. The summed E-state index contributed by atoms with van der Waals surface area (Å²) >= 11 is 1.62. The van der Waals surface area contributed by atoms with Gasteiger partial charge in [0, 0.05) is 35.8 Å². The molecule has 2 heterocycles. The standard InChI is InChI=1S/C19H28N4O2S/c1-3-20-19(21-11-15-13-23(2)8-9-25-15)22-12-16(24)18-10-14-6-4-5-7-17(14)26-18/h4-7,10,15-16,24H,3,8-9,11-13H2,1-2H3,(H2,20,21,22). The van der Waals surface area contributed by atoms with Crippen molar-refractivity contribution in [2.24, 2.45) is 4.99 Å². The summed E-state index contributed by atoms with van der Waals surface area (Å²) in [6.45, 7) is 6.49. The van der Waals surface area contributed by atoms with Gasteiger partial charge in [0.25, 0.3) is 0 Å². The Bertz CT molecular complexity index is 700. The molecule has 0 amide bonds. The van der Waals surface area contributed by atoms with Crippen LogP contribution in [0.5, 0.6) is 0 Å². The molecule has 2 aromatic rings. The third-order valence-corrected chi connectivity index (χ3v) is 5.60. The van der Waals surface area contributed by atoms with E-state index in [9.17, 15) is 5.11 Å². The fourth-order valence-corrected chi connectivity index (χ4v) is 4.02. The van der Waals surface area contributed by atoms with Gasteiger partial charge in [-0.15, -0.1) is 11.3 Å². The smallest absolute Gasteiger partial charge is 0.191 e. The van der Waals surface area contributed by atoms with Crippen molar-refractivity contribution in [3.63, 3.8) is 0 Å². The normalized spacial score (nSPS) is 20.3. The Hall–Kier alpha value is -1.67. The van der Waals surface area contributed by atoms with Gasteiger partial charge in [-0.25, -0.2) is 0 Å². The first-order chi connectivity index (χ1) is 12.7. The number of morpholine rings is 1. The Morgan fingerprint density at radius 1 is 1.42 bits per heavy atom. The van der Waals surface area contributed by atoms with E-state index in [4.69, 9.17) is 4.74 Å². The number of hydrogen-bond donors (Lipinski definition) is 3. The molecule has 0 radical (unpaired) electrons. The van der Waals surface area contributed by atoms with Crippen molar-refractivity contribution in [2.75, 3.05) is 46.4 Å². The van der Waals surface area contributed by atoms with E-state index in [1.807, 2.05) is 25.1 Å². The molecule has 1 aliphatic heterocycles. The zero-order chi connectivity index (χ0) is 18.4. The number of hydrogen-bond acceptors (Lipinski definition) is 5. The molecule has 3 rings (SSSR count). The van der Waals surface area contributed by atoms with Gasteiger partial charge in [-0.2, -0.15) is 0 Å². The van der Waals surface area contributed by atoms with Gasteiger partial charge in [0.1, 0.15) is 6.10 Å². The van der Waals surface area contributed by atoms with Gasteiger partial charge in [0.15, 0.2) is 5.96 Å². The average molecular weight is 377 g/mol. The number of aliphatic hydroxyl groups is 1. The second-order valence-electron chi connectivity index (χ2n) is 6.56. The van der Waals surface area contributed by atoms with Crippen LogP contribution in [-0.2, 0) is 4.74 Å². The van der Waals surface area contributed by atoms with Crippen LogP contribution in [0.15, 0.2) is 35.3 Å². The van der Waals surface area contributed by atoms with Gasteiger partial charge >= 0.3 is 0 Å². The van der Waals surface area contributed by atoms with Gasteiger partial charge in [0.05, 0.1) is 19.3 Å². The number of nitrogens with one attached hydrogen (secondary N) is 2. The van der Waals surface area contributed by atoms with Crippen molar-refractivity contribution in [1.29, 1.82) is 0 Å². The number of benzene rings is 1. The van der Waals surface area contributed by atoms with E-state index < -0.39 is 6.10 Å². The third-order valence-electron chi connectivity index (χ3n) is 4.38. The van der Waals surface area contributed by atoms with Crippen LogP contribution in [0.25, 0.3) is 10.1 Å². The largest absolute Gasteiger partial charge is 0.386 e. The van der Waals surface area contributed by atoms with Crippen molar-refractivity contribution >= 4 is 27.4 Å². The van der Waals surface area contributed by atoms with Crippen molar-refractivity contribution in [1.82, 2.24) is 15.5 Å². The van der Waals surface area contributed by atoms with E-state index in [0.29, 0.717) is 19.0 Å². The molecule has 1 fully saturated rings. The topological polar surface area (TPSA) is 69.1 Å². The van der Waals surface area contributed by atoms with Gasteiger partial charge in [0.2, 0.25) is 0 Å². The Morgan fingerprint density at radius 3 is 3.04 bits per heavy atom. The van der Waals surface area contributed by atoms with Gasteiger partial charge in [-0.3, -0.25) is 4.99 Å². The minimum Gasteiger partial charge on any atom is -0.386 e. The van der Waals surface area contributed by atoms with Crippen molar-refractivity contribution in [3.8, 4) is 0 Å². The monoisotopic (exact) mass is 376 g/mol. The lowest BCUT2D eigenvalue weighted by molar-refractivity contribution is -0.0161. The van der Waals surface area contributed by atoms with Crippen molar-refractivity contribution < 1.29 is 9.84 Å². The number of aliphatic imine (C=N–C) groups is 1. The zero-order valence-corrected chi connectivity index (χ0v) is 16.3. The van der Waals surface area contributed by atoms with Crippen LogP contribution < -0.4 is 10.6 Å². The molecule has 1 aromatic heterocycles. The Labute approximate surface area is 158 Å². The molecule has 0 saturated carbocycles. The first-order valence-corrected chi connectivity index (χ1v) is 9.96. The summed E-state index contributed by atoms with van der Waals surface area (Å²) in [5.74, 6) is 0.712. The van der Waals surface area contributed by atoms with E-state index >= 15 is 0 Å². The van der Waals surface area contributed by atoms with E-state index in [1.165, 1.54) is 10.1 Å². The predicted octanol–water partition coefficient (Wildman–Crippen LogP) is 1.82. The molecule has 3 N–H and O–H groups in total. The van der Waals surface area contributed by atoms with Crippen LogP contribution >= 0.6 is 11.3 Å². The molecular formula is C19H28N4O2S. The Morgan fingerprint density at radius 2 is 2.27 bits per heavy atom. The van der Waals surface area contributed by atoms with Crippen LogP contribution in [0.4, 0.5) is 0 Å². The summed E-state index contributed by atoms with van der Waals surface area (Å²) < 4.78 is 6.96. The van der Waals surface area contributed by atoms with Gasteiger partial charge in [-0.1, -0.05) is 18.2 Å². The van der Waals surface area contributed by atoms with Gasteiger partial charge < -0.3 is 25.4 Å². The number of rotatable bonds is 6. The lowest BCUT2D eigenvalue weighted by Gasteiger charge is -2.30. The molecule has 2 unspecified atom stereocenters. The summed E-state index contributed by atoms with van der Waals surface area (Å²) in [5.41, 5.74) is 0. The molecule has 0 aliphatic carbocycles. The average Bonchev–Trinajstić information content (AvgIpc) is 3.08. The maximum absolute atomic E-state index is 10.5. The first kappa shape index (κ1) is 19.1. The Kier molecular flexibility index (Phi) is 6.85. The molecular weight excluding hydrogens is 348 g/mol. The van der Waals surface area contributed by atoms with E-state index in [0.717, 1.165) is 31.1 Å². The molecule has 1 aromatic carbocycles. The summed E-state index contributed by atoms with van der Waals surface area (Å²) in [7, 11) is 2.11. The maximum atomic E-state index is 10.5. The summed E-state index contributed by atoms with van der Waals surface area (Å²) in [5, 5.41) is 18.2. The number of fused-ring (bicyclic) bond motifs is 1. The molecule has 6 nitrogen and oxygen atoms in total.